The SMILES string of the molecule is CC(C)C[C@H]1C(=O)O[C@H](Cc2ccc(C(C)(C)n3ccc([N+](=O)[O-])n3)cc2)C(=O)N(C)[C@@H](CC(C)C)C(=O)O[C@H](C)C(=O)N(C)[C@@H](CC(C)C)C(=O)O[C@H](Cc2ccc(C(C)(C)n3ccc([N+](=O)[O-])n3)cc2)C(=O)N(C)[C@@H](CC(C)C)C(=O)O[C@H](C)C(=O)N1C. The standard InChI is InChI=1S/C64H90N10O16/c1-37(2)31-47-59(79)87-41(9)55(75)67(15)50(34-40(7)8)62(82)90-52(36-44-21-25-46(26-22-44)64(13,14)72-30-28-54(66-72)74(85)86)58(78)70(18)48(32-38(3)4)60(80)88-42(10)56(76)68(16)49(33-39(5)6)61(81)89-51(57(77)69(47)17)35-43-19-23-45(24-20-43)63(11,12)71-29-27-53(65-71)73(83)84/h19-30,37-42,47-52H,31-36H2,1-18H3/t41-,42-,47+,48+,49+,50+,51-,52-/m1/s1. The Morgan fingerprint density at radius 1 is 0.433 bits per heavy atom. The molecule has 1 aliphatic rings. The Kier molecular flexibility index (Phi) is 24.3. The van der Waals surface area contributed by atoms with Gasteiger partial charge in [0.15, 0.2) is 24.4 Å². The van der Waals surface area contributed by atoms with Gasteiger partial charge in [-0.15, -0.1) is 0 Å². The molecule has 1 aliphatic heterocycles. The number of benzene rings is 2. The van der Waals surface area contributed by atoms with Crippen molar-refractivity contribution in [1.82, 2.24) is 39.2 Å². The summed E-state index contributed by atoms with van der Waals surface area (Å²) in [5.41, 5.74) is 0.540. The molecule has 2 aromatic carbocycles. The number of carbonyl (C=O) groups excluding carboxylic acids is 8. The first kappa shape index (κ1) is 72.2. The maximum absolute atomic E-state index is 15.1. The highest BCUT2D eigenvalue weighted by Crippen LogP contribution is 2.31. The second-order valence-corrected chi connectivity index (χ2v) is 26.1. The molecular weight excluding hydrogens is 1160 g/mol. The van der Waals surface area contributed by atoms with Crippen molar-refractivity contribution in [2.45, 2.75) is 195 Å². The van der Waals surface area contributed by atoms with Gasteiger partial charge < -0.3 is 58.8 Å². The Balaban J connectivity index is 1.61. The van der Waals surface area contributed by atoms with E-state index >= 15 is 9.59 Å². The van der Waals surface area contributed by atoms with Gasteiger partial charge in [-0.2, -0.15) is 9.36 Å². The van der Waals surface area contributed by atoms with Crippen LogP contribution in [0.25, 0.3) is 0 Å². The number of rotatable bonds is 18. The second kappa shape index (κ2) is 30.3. The lowest BCUT2D eigenvalue weighted by atomic mass is 9.92. The Morgan fingerprint density at radius 2 is 0.689 bits per heavy atom. The molecule has 3 heterocycles. The summed E-state index contributed by atoms with van der Waals surface area (Å²) >= 11 is 0. The molecule has 0 spiro atoms. The summed E-state index contributed by atoms with van der Waals surface area (Å²) < 4.78 is 27.1. The van der Waals surface area contributed by atoms with Gasteiger partial charge in [-0.05, 0) is 123 Å². The summed E-state index contributed by atoms with van der Waals surface area (Å²) in [6.45, 7) is 24.3. The number of nitro groups is 2. The van der Waals surface area contributed by atoms with Crippen LogP contribution in [0.2, 0.25) is 0 Å². The summed E-state index contributed by atoms with van der Waals surface area (Å²) in [5.74, 6) is -8.99. The molecule has 5 rings (SSSR count). The minimum absolute atomic E-state index is 0.0114. The van der Waals surface area contributed by atoms with E-state index in [1.807, 2.05) is 83.1 Å². The van der Waals surface area contributed by atoms with Gasteiger partial charge in [0.05, 0.1) is 34.7 Å². The van der Waals surface area contributed by atoms with Gasteiger partial charge in [-0.25, -0.2) is 19.2 Å². The third kappa shape index (κ3) is 17.8. The minimum Gasteiger partial charge on any atom is -0.451 e. The van der Waals surface area contributed by atoms with Crippen LogP contribution in [0.1, 0.15) is 145 Å². The number of aromatic nitrogens is 4. The number of cyclic esters (lactones) is 4. The molecule has 0 radical (unpaired) electrons. The van der Waals surface area contributed by atoms with Gasteiger partial charge in [0.25, 0.3) is 23.6 Å². The van der Waals surface area contributed by atoms with Crippen molar-refractivity contribution in [3.05, 3.63) is 116 Å². The van der Waals surface area contributed by atoms with Crippen molar-refractivity contribution in [1.29, 1.82) is 0 Å². The average Bonchev–Trinajstić information content (AvgIpc) is 3.71. The van der Waals surface area contributed by atoms with Crippen LogP contribution in [-0.2, 0) is 81.2 Å². The van der Waals surface area contributed by atoms with Crippen LogP contribution in [0.4, 0.5) is 11.6 Å². The lowest BCUT2D eigenvalue weighted by Crippen LogP contribution is -2.55. The molecule has 0 bridgehead atoms. The van der Waals surface area contributed by atoms with E-state index in [0.29, 0.717) is 22.3 Å². The van der Waals surface area contributed by atoms with Gasteiger partial charge in [0, 0.05) is 41.0 Å². The lowest BCUT2D eigenvalue weighted by molar-refractivity contribution is -0.390. The highest BCUT2D eigenvalue weighted by Gasteiger charge is 2.43. The number of esters is 4. The first-order valence-electron chi connectivity index (χ1n) is 30.4. The largest absolute Gasteiger partial charge is 0.451 e. The average molecular weight is 1260 g/mol. The topological polar surface area (TPSA) is 308 Å². The normalized spacial score (nSPS) is 22.3. The molecule has 1 saturated heterocycles. The molecule has 2 aromatic heterocycles. The molecule has 1 fully saturated rings. The summed E-state index contributed by atoms with van der Waals surface area (Å²) in [5, 5.41) is 31.2. The fourth-order valence-electron chi connectivity index (χ4n) is 10.7. The van der Waals surface area contributed by atoms with E-state index in [1.165, 1.54) is 75.9 Å². The summed E-state index contributed by atoms with van der Waals surface area (Å²) in [6, 6.07) is 10.8. The maximum atomic E-state index is 15.1. The van der Waals surface area contributed by atoms with E-state index < -0.39 is 117 Å². The summed E-state index contributed by atoms with van der Waals surface area (Å²) in [7, 11) is 5.35. The van der Waals surface area contributed by atoms with Gasteiger partial charge in [0.2, 0.25) is 0 Å². The third-order valence-corrected chi connectivity index (χ3v) is 16.3. The third-order valence-electron chi connectivity index (χ3n) is 16.3. The lowest BCUT2D eigenvalue weighted by Gasteiger charge is -2.35. The number of ether oxygens (including phenoxy) is 4. The van der Waals surface area contributed by atoms with E-state index in [1.54, 1.807) is 48.5 Å². The Labute approximate surface area is 526 Å². The fraction of sp³-hybridized carbons (Fsp3) is 0.594. The maximum Gasteiger partial charge on any atom is 0.389 e. The number of amides is 4. The van der Waals surface area contributed by atoms with Crippen LogP contribution >= 0.6 is 0 Å². The van der Waals surface area contributed by atoms with Gasteiger partial charge in [-0.3, -0.25) is 19.2 Å². The van der Waals surface area contributed by atoms with Gasteiger partial charge in [0.1, 0.15) is 35.2 Å². The molecule has 492 valence electrons. The fourth-order valence-corrected chi connectivity index (χ4v) is 10.7. The van der Waals surface area contributed by atoms with Crippen LogP contribution < -0.4 is 0 Å². The molecular formula is C64H90N10O16. The van der Waals surface area contributed by atoms with Crippen LogP contribution in [-0.4, -0.2) is 173 Å². The smallest absolute Gasteiger partial charge is 0.389 e. The molecule has 0 aliphatic carbocycles. The summed E-state index contributed by atoms with van der Waals surface area (Å²) in [6.07, 6.45) is -3.91. The van der Waals surface area contributed by atoms with Crippen molar-refractivity contribution in [2.75, 3.05) is 28.2 Å². The first-order valence-corrected chi connectivity index (χ1v) is 30.4. The van der Waals surface area contributed by atoms with Gasteiger partial charge in [-0.1, -0.05) is 104 Å². The molecule has 8 atom stereocenters. The Morgan fingerprint density at radius 3 is 0.933 bits per heavy atom. The van der Waals surface area contributed by atoms with Crippen LogP contribution in [0.3, 0.4) is 0 Å². The number of carbonyl (C=O) groups is 8. The Hall–Kier alpha value is -8.58. The quantitative estimate of drug-likeness (QED) is 0.0404. The molecule has 26 heteroatoms. The predicted octanol–water partition coefficient (Wildman–Crippen LogP) is 7.44. The summed E-state index contributed by atoms with van der Waals surface area (Å²) in [4.78, 5) is 144. The molecule has 0 unspecified atom stereocenters. The van der Waals surface area contributed by atoms with Crippen molar-refractivity contribution < 1.29 is 67.2 Å². The van der Waals surface area contributed by atoms with Gasteiger partial charge >= 0.3 is 35.5 Å². The van der Waals surface area contributed by atoms with E-state index in [4.69, 9.17) is 18.9 Å². The molecule has 0 N–H and O–H groups in total. The molecule has 90 heavy (non-hydrogen) atoms. The van der Waals surface area contributed by atoms with Crippen LogP contribution in [0.5, 0.6) is 0 Å². The minimum atomic E-state index is -1.65. The first-order chi connectivity index (χ1) is 41.9. The van der Waals surface area contributed by atoms with E-state index in [-0.39, 0.29) is 73.8 Å². The molecule has 0 saturated carbocycles. The van der Waals surface area contributed by atoms with Crippen LogP contribution in [0, 0.1) is 43.9 Å². The number of likely N-dealkylation sites (N-methyl/N-ethyl adjacent to an activating group) is 4. The molecule has 4 amide bonds. The number of nitrogens with zero attached hydrogens (tertiary/aromatic N) is 10. The predicted molar refractivity (Wildman–Crippen MR) is 330 cm³/mol. The number of hydrogen-bond acceptors (Lipinski definition) is 18. The van der Waals surface area contributed by atoms with Crippen molar-refractivity contribution >= 4 is 59.1 Å². The highest BCUT2D eigenvalue weighted by molar-refractivity contribution is 5.94. The van der Waals surface area contributed by atoms with E-state index in [9.17, 15) is 49.0 Å². The van der Waals surface area contributed by atoms with Crippen molar-refractivity contribution in [3.8, 4) is 0 Å². The van der Waals surface area contributed by atoms with E-state index in [2.05, 4.69) is 10.2 Å². The molecule has 4 aromatic rings. The van der Waals surface area contributed by atoms with Crippen molar-refractivity contribution in [2.24, 2.45) is 23.7 Å². The zero-order valence-electron chi connectivity index (χ0n) is 55.1. The molecule has 26 nitrogen and oxygen atoms in total. The highest BCUT2D eigenvalue weighted by atomic mass is 16.6. The number of hydrogen-bond donors (Lipinski definition) is 0. The van der Waals surface area contributed by atoms with Crippen LogP contribution in [0.15, 0.2) is 73.1 Å². The zero-order valence-corrected chi connectivity index (χ0v) is 55.1. The second-order valence-electron chi connectivity index (χ2n) is 26.1. The van der Waals surface area contributed by atoms with Crippen molar-refractivity contribution in [3.63, 3.8) is 0 Å². The Bertz CT molecular complexity index is 3000. The zero-order chi connectivity index (χ0) is 67.6. The monoisotopic (exact) mass is 1250 g/mol. The van der Waals surface area contributed by atoms with E-state index in [0.717, 1.165) is 19.6 Å².